The van der Waals surface area contributed by atoms with Crippen molar-refractivity contribution in [2.75, 3.05) is 32.6 Å². The number of thiocarbonyl (C=S) groups is 1. The first-order valence-corrected chi connectivity index (χ1v) is 11.7. The molecule has 1 saturated carbocycles. The van der Waals surface area contributed by atoms with Crippen molar-refractivity contribution in [3.05, 3.63) is 35.9 Å². The van der Waals surface area contributed by atoms with Gasteiger partial charge in [0, 0.05) is 37.1 Å². The zero-order chi connectivity index (χ0) is 20.6. The first-order valence-electron chi connectivity index (χ1n) is 10.1. The van der Waals surface area contributed by atoms with Gasteiger partial charge in [-0.05, 0) is 37.0 Å². The van der Waals surface area contributed by atoms with Crippen LogP contribution in [0.1, 0.15) is 24.8 Å². The Morgan fingerprint density at radius 1 is 1.34 bits per heavy atom. The molecule has 1 aromatic carbocycles. The van der Waals surface area contributed by atoms with E-state index in [1.165, 1.54) is 5.56 Å². The molecule has 1 heterocycles. The molecule has 3 unspecified atom stereocenters. The van der Waals surface area contributed by atoms with E-state index in [1.807, 2.05) is 30.0 Å². The van der Waals surface area contributed by atoms with E-state index in [4.69, 9.17) is 17.0 Å². The monoisotopic (exact) mass is 435 g/mol. The summed E-state index contributed by atoms with van der Waals surface area (Å²) >= 11 is 7.18. The summed E-state index contributed by atoms with van der Waals surface area (Å²) in [5, 5.41) is 6.80. The number of hydrogen-bond donors (Lipinski definition) is 2. The Labute approximate surface area is 182 Å². The predicted molar refractivity (Wildman–Crippen MR) is 120 cm³/mol. The SMILES string of the molecule is COCCN1C(=O)C2CCC(C(=O)NCCSCc3ccccc3)CC2NC1=S. The van der Waals surface area contributed by atoms with Gasteiger partial charge in [-0.2, -0.15) is 11.8 Å². The van der Waals surface area contributed by atoms with Gasteiger partial charge in [-0.3, -0.25) is 14.5 Å². The van der Waals surface area contributed by atoms with Crippen LogP contribution in [-0.4, -0.2) is 60.4 Å². The zero-order valence-corrected chi connectivity index (χ0v) is 18.4. The fourth-order valence-electron chi connectivity index (χ4n) is 3.95. The first-order chi connectivity index (χ1) is 14.1. The summed E-state index contributed by atoms with van der Waals surface area (Å²) in [5.41, 5.74) is 1.30. The number of carbonyl (C=O) groups is 2. The highest BCUT2D eigenvalue weighted by Gasteiger charge is 2.43. The number of carbonyl (C=O) groups excluding carboxylic acids is 2. The molecule has 29 heavy (non-hydrogen) atoms. The van der Waals surface area contributed by atoms with Crippen LogP contribution in [0.3, 0.4) is 0 Å². The highest BCUT2D eigenvalue weighted by atomic mass is 32.2. The van der Waals surface area contributed by atoms with E-state index in [2.05, 4.69) is 22.8 Å². The molecule has 2 N–H and O–H groups in total. The molecule has 2 amide bonds. The number of thioether (sulfide) groups is 1. The second-order valence-corrected chi connectivity index (χ2v) is 8.98. The Kier molecular flexibility index (Phi) is 8.32. The second-order valence-electron chi connectivity index (χ2n) is 7.48. The van der Waals surface area contributed by atoms with Crippen LogP contribution in [0.4, 0.5) is 0 Å². The molecule has 1 aliphatic carbocycles. The van der Waals surface area contributed by atoms with Crippen LogP contribution < -0.4 is 10.6 Å². The van der Waals surface area contributed by atoms with Crippen molar-refractivity contribution in [2.45, 2.75) is 31.1 Å². The van der Waals surface area contributed by atoms with Crippen molar-refractivity contribution in [1.29, 1.82) is 0 Å². The lowest BCUT2D eigenvalue weighted by atomic mass is 9.76. The van der Waals surface area contributed by atoms with Crippen LogP contribution in [0.25, 0.3) is 0 Å². The Morgan fingerprint density at radius 2 is 2.14 bits per heavy atom. The third kappa shape index (κ3) is 5.93. The highest BCUT2D eigenvalue weighted by Crippen LogP contribution is 2.33. The number of benzene rings is 1. The molecule has 6 nitrogen and oxygen atoms in total. The number of amides is 2. The minimum absolute atomic E-state index is 0.0502. The van der Waals surface area contributed by atoms with Gasteiger partial charge in [-0.15, -0.1) is 0 Å². The zero-order valence-electron chi connectivity index (χ0n) is 16.8. The van der Waals surface area contributed by atoms with Gasteiger partial charge in [0.05, 0.1) is 19.1 Å². The number of rotatable bonds is 9. The lowest BCUT2D eigenvalue weighted by Crippen LogP contribution is -2.62. The van der Waals surface area contributed by atoms with Gasteiger partial charge in [0.2, 0.25) is 11.8 Å². The highest BCUT2D eigenvalue weighted by molar-refractivity contribution is 7.98. The average molecular weight is 436 g/mol. The summed E-state index contributed by atoms with van der Waals surface area (Å²) in [6.45, 7) is 1.59. The number of hydrogen-bond acceptors (Lipinski definition) is 5. The number of nitrogens with zero attached hydrogens (tertiary/aromatic N) is 1. The van der Waals surface area contributed by atoms with Crippen LogP contribution in [-0.2, 0) is 20.1 Å². The van der Waals surface area contributed by atoms with Crippen LogP contribution in [0, 0.1) is 11.8 Å². The Bertz CT molecular complexity index is 716. The molecule has 1 saturated heterocycles. The van der Waals surface area contributed by atoms with Crippen molar-refractivity contribution in [1.82, 2.24) is 15.5 Å². The van der Waals surface area contributed by atoms with Crippen LogP contribution in [0.2, 0.25) is 0 Å². The molecule has 2 fully saturated rings. The van der Waals surface area contributed by atoms with E-state index in [0.717, 1.165) is 17.9 Å². The molecular formula is C21H29N3O3S2. The predicted octanol–water partition coefficient (Wildman–Crippen LogP) is 2.18. The van der Waals surface area contributed by atoms with Gasteiger partial charge in [0.15, 0.2) is 5.11 Å². The summed E-state index contributed by atoms with van der Waals surface area (Å²) in [7, 11) is 1.61. The van der Waals surface area contributed by atoms with Crippen LogP contribution in [0.5, 0.6) is 0 Å². The molecule has 2 aliphatic rings. The standard InChI is InChI=1S/C21H29N3O3S2/c1-27-11-10-24-20(26)17-8-7-16(13-18(17)23-21(24)28)19(25)22-9-12-29-14-15-5-3-2-4-6-15/h2-6,16-18H,7-14H2,1H3,(H,22,25)(H,23,28). The third-order valence-electron chi connectivity index (χ3n) is 5.53. The Hall–Kier alpha value is -1.64. The van der Waals surface area contributed by atoms with Gasteiger partial charge in [-0.1, -0.05) is 30.3 Å². The Morgan fingerprint density at radius 3 is 2.90 bits per heavy atom. The molecule has 1 aliphatic heterocycles. The number of methoxy groups -OCH3 is 1. The lowest BCUT2D eigenvalue weighted by molar-refractivity contribution is -0.138. The van der Waals surface area contributed by atoms with Gasteiger partial charge in [0.25, 0.3) is 0 Å². The van der Waals surface area contributed by atoms with Crippen molar-refractivity contribution >= 4 is 40.9 Å². The van der Waals surface area contributed by atoms with E-state index < -0.39 is 0 Å². The molecule has 8 heteroatoms. The minimum atomic E-state index is -0.107. The molecule has 3 atom stereocenters. The van der Waals surface area contributed by atoms with Gasteiger partial charge < -0.3 is 15.4 Å². The van der Waals surface area contributed by atoms with E-state index >= 15 is 0 Å². The van der Waals surface area contributed by atoms with E-state index in [9.17, 15) is 9.59 Å². The topological polar surface area (TPSA) is 70.7 Å². The van der Waals surface area contributed by atoms with Crippen molar-refractivity contribution in [3.63, 3.8) is 0 Å². The Balaban J connectivity index is 1.40. The van der Waals surface area contributed by atoms with E-state index in [-0.39, 0.29) is 29.7 Å². The summed E-state index contributed by atoms with van der Waals surface area (Å²) in [4.78, 5) is 26.9. The molecule has 0 aromatic heterocycles. The molecule has 3 rings (SSSR count). The second kappa shape index (κ2) is 10.9. The fraction of sp³-hybridized carbons (Fsp3) is 0.571. The normalized spacial score (nSPS) is 24.0. The lowest BCUT2D eigenvalue weighted by Gasteiger charge is -2.43. The van der Waals surface area contributed by atoms with E-state index in [1.54, 1.807) is 12.0 Å². The third-order valence-corrected chi connectivity index (χ3v) is 6.90. The molecular weight excluding hydrogens is 406 g/mol. The summed E-state index contributed by atoms with van der Waals surface area (Å²) < 4.78 is 5.07. The van der Waals surface area contributed by atoms with Crippen molar-refractivity contribution in [2.24, 2.45) is 11.8 Å². The van der Waals surface area contributed by atoms with Gasteiger partial charge in [-0.25, -0.2) is 0 Å². The molecule has 0 radical (unpaired) electrons. The average Bonchev–Trinajstić information content (AvgIpc) is 2.73. The maximum atomic E-state index is 12.8. The van der Waals surface area contributed by atoms with Crippen molar-refractivity contribution < 1.29 is 14.3 Å². The smallest absolute Gasteiger partial charge is 0.233 e. The van der Waals surface area contributed by atoms with Crippen LogP contribution >= 0.6 is 24.0 Å². The first kappa shape index (κ1) is 22.1. The summed E-state index contributed by atoms with van der Waals surface area (Å²) in [6.07, 6.45) is 2.10. The number of nitrogens with one attached hydrogen (secondary N) is 2. The quantitative estimate of drug-likeness (QED) is 0.458. The summed E-state index contributed by atoms with van der Waals surface area (Å²) in [6, 6.07) is 10.3. The largest absolute Gasteiger partial charge is 0.383 e. The molecule has 0 spiro atoms. The fourth-order valence-corrected chi connectivity index (χ4v) is 5.10. The summed E-state index contributed by atoms with van der Waals surface area (Å²) in [5.74, 6) is 1.81. The molecule has 0 bridgehead atoms. The number of fused-ring (bicyclic) bond motifs is 1. The van der Waals surface area contributed by atoms with E-state index in [0.29, 0.717) is 37.7 Å². The maximum Gasteiger partial charge on any atom is 0.233 e. The van der Waals surface area contributed by atoms with Crippen molar-refractivity contribution in [3.8, 4) is 0 Å². The minimum Gasteiger partial charge on any atom is -0.383 e. The van der Waals surface area contributed by atoms with Gasteiger partial charge in [0.1, 0.15) is 0 Å². The van der Waals surface area contributed by atoms with Crippen LogP contribution in [0.15, 0.2) is 30.3 Å². The maximum absolute atomic E-state index is 12.8. The van der Waals surface area contributed by atoms with Gasteiger partial charge >= 0.3 is 0 Å². The molecule has 158 valence electrons. The molecule has 1 aromatic rings. The number of ether oxygens (including phenoxy) is 1.